The predicted molar refractivity (Wildman–Crippen MR) is 68.1 cm³/mol. The topological polar surface area (TPSA) is 56.9 Å². The molecule has 3 N–H and O–H groups in total. The second kappa shape index (κ2) is 5.87. The van der Waals surface area contributed by atoms with Crippen LogP contribution >= 0.6 is 0 Å². The summed E-state index contributed by atoms with van der Waals surface area (Å²) in [5, 5.41) is 6.38. The summed E-state index contributed by atoms with van der Waals surface area (Å²) in [5.74, 6) is 0.754. The number of rotatable bonds is 4. The Labute approximate surface area is 102 Å². The molecule has 0 spiro atoms. The molecule has 0 radical (unpaired) electrons. The van der Waals surface area contributed by atoms with Gasteiger partial charge in [0, 0.05) is 18.4 Å². The minimum absolute atomic E-state index is 0.0347. The number of aromatic amines is 1. The predicted octanol–water partition coefficient (Wildman–Crippen LogP) is 1.44. The van der Waals surface area contributed by atoms with Gasteiger partial charge in [-0.05, 0) is 51.3 Å². The second-order valence-corrected chi connectivity index (χ2v) is 4.77. The van der Waals surface area contributed by atoms with Gasteiger partial charge in [-0.25, -0.2) is 0 Å². The average Bonchev–Trinajstić information content (AvgIpc) is 2.77. The first-order chi connectivity index (χ1) is 8.27. The van der Waals surface area contributed by atoms with Crippen molar-refractivity contribution < 1.29 is 4.79 Å². The normalized spacial score (nSPS) is 20.2. The Bertz CT molecular complexity index is 366. The van der Waals surface area contributed by atoms with Gasteiger partial charge in [0.1, 0.15) is 0 Å². The first-order valence-corrected chi connectivity index (χ1v) is 6.40. The Balaban J connectivity index is 1.71. The fourth-order valence-electron chi connectivity index (χ4n) is 2.35. The third-order valence-electron chi connectivity index (χ3n) is 3.44. The molecule has 1 aromatic rings. The molecule has 2 heterocycles. The van der Waals surface area contributed by atoms with Crippen molar-refractivity contribution in [2.75, 3.05) is 19.6 Å². The van der Waals surface area contributed by atoms with Gasteiger partial charge >= 0.3 is 0 Å². The van der Waals surface area contributed by atoms with Crippen LogP contribution in [0.25, 0.3) is 0 Å². The lowest BCUT2D eigenvalue weighted by atomic mass is 9.96. The minimum atomic E-state index is 0.0347. The SMILES string of the molecule is Cc1[nH]ccc1C(=O)NCCC1CCCNC1. The van der Waals surface area contributed by atoms with Gasteiger partial charge < -0.3 is 15.6 Å². The van der Waals surface area contributed by atoms with Crippen LogP contribution in [-0.2, 0) is 0 Å². The maximum atomic E-state index is 11.8. The number of aryl methyl sites for hydroxylation is 1. The van der Waals surface area contributed by atoms with Gasteiger partial charge in [0.05, 0.1) is 5.56 Å². The Kier molecular flexibility index (Phi) is 4.20. The second-order valence-electron chi connectivity index (χ2n) is 4.77. The summed E-state index contributed by atoms with van der Waals surface area (Å²) in [6.45, 7) is 4.93. The Hall–Kier alpha value is -1.29. The maximum absolute atomic E-state index is 11.8. The number of hydrogen-bond acceptors (Lipinski definition) is 2. The van der Waals surface area contributed by atoms with Crippen molar-refractivity contribution in [3.8, 4) is 0 Å². The highest BCUT2D eigenvalue weighted by Gasteiger charge is 2.14. The monoisotopic (exact) mass is 235 g/mol. The summed E-state index contributed by atoms with van der Waals surface area (Å²) in [7, 11) is 0. The van der Waals surface area contributed by atoms with Gasteiger partial charge in [0.25, 0.3) is 5.91 Å². The van der Waals surface area contributed by atoms with Crippen molar-refractivity contribution in [1.29, 1.82) is 0 Å². The maximum Gasteiger partial charge on any atom is 0.253 e. The van der Waals surface area contributed by atoms with E-state index in [1.165, 1.54) is 12.8 Å². The lowest BCUT2D eigenvalue weighted by molar-refractivity contribution is 0.0950. The number of amides is 1. The standard InChI is InChI=1S/C13H21N3O/c1-10-12(5-8-15-10)13(17)16-7-4-11-3-2-6-14-9-11/h5,8,11,14-15H,2-4,6-7,9H2,1H3,(H,16,17). The van der Waals surface area contributed by atoms with E-state index in [1.54, 1.807) is 6.20 Å². The lowest BCUT2D eigenvalue weighted by Gasteiger charge is -2.22. The van der Waals surface area contributed by atoms with Gasteiger partial charge in [-0.2, -0.15) is 0 Å². The molecule has 94 valence electrons. The molecule has 0 saturated carbocycles. The van der Waals surface area contributed by atoms with Crippen molar-refractivity contribution in [3.63, 3.8) is 0 Å². The van der Waals surface area contributed by atoms with Gasteiger partial charge in [-0.3, -0.25) is 4.79 Å². The van der Waals surface area contributed by atoms with E-state index in [2.05, 4.69) is 15.6 Å². The molecule has 2 rings (SSSR count). The van der Waals surface area contributed by atoms with E-state index >= 15 is 0 Å². The van der Waals surface area contributed by atoms with Crippen LogP contribution in [0.2, 0.25) is 0 Å². The van der Waals surface area contributed by atoms with Crippen molar-refractivity contribution in [2.24, 2.45) is 5.92 Å². The molecule has 4 heteroatoms. The number of hydrogen-bond donors (Lipinski definition) is 3. The molecule has 1 fully saturated rings. The summed E-state index contributed by atoms with van der Waals surface area (Å²) in [6.07, 6.45) is 5.42. The highest BCUT2D eigenvalue weighted by Crippen LogP contribution is 2.13. The highest BCUT2D eigenvalue weighted by atomic mass is 16.1. The molecular weight excluding hydrogens is 214 g/mol. The third kappa shape index (κ3) is 3.33. The van der Waals surface area contributed by atoms with Crippen molar-refractivity contribution >= 4 is 5.91 Å². The van der Waals surface area contributed by atoms with Crippen molar-refractivity contribution in [1.82, 2.24) is 15.6 Å². The number of carbonyl (C=O) groups excluding carboxylic acids is 1. The molecular formula is C13H21N3O. The van der Waals surface area contributed by atoms with Crippen LogP contribution in [0.15, 0.2) is 12.3 Å². The van der Waals surface area contributed by atoms with E-state index in [0.717, 1.165) is 43.2 Å². The van der Waals surface area contributed by atoms with E-state index in [1.807, 2.05) is 13.0 Å². The molecule has 1 amide bonds. The van der Waals surface area contributed by atoms with Crippen molar-refractivity contribution in [2.45, 2.75) is 26.2 Å². The summed E-state index contributed by atoms with van der Waals surface area (Å²) in [6, 6.07) is 1.83. The fraction of sp³-hybridized carbons (Fsp3) is 0.615. The molecule has 1 saturated heterocycles. The summed E-state index contributed by atoms with van der Waals surface area (Å²) < 4.78 is 0. The van der Waals surface area contributed by atoms with E-state index in [9.17, 15) is 4.79 Å². The average molecular weight is 235 g/mol. The number of aromatic nitrogens is 1. The summed E-state index contributed by atoms with van der Waals surface area (Å²) in [4.78, 5) is 14.8. The van der Waals surface area contributed by atoms with Gasteiger partial charge in [0.2, 0.25) is 0 Å². The molecule has 4 nitrogen and oxygen atoms in total. The quantitative estimate of drug-likeness (QED) is 0.739. The summed E-state index contributed by atoms with van der Waals surface area (Å²) >= 11 is 0. The molecule has 1 unspecified atom stereocenters. The largest absolute Gasteiger partial charge is 0.365 e. The van der Waals surface area contributed by atoms with Crippen LogP contribution in [0.4, 0.5) is 0 Å². The Morgan fingerprint density at radius 3 is 3.12 bits per heavy atom. The first kappa shape index (κ1) is 12.2. The van der Waals surface area contributed by atoms with E-state index in [0.29, 0.717) is 0 Å². The van der Waals surface area contributed by atoms with Crippen molar-refractivity contribution in [3.05, 3.63) is 23.5 Å². The number of carbonyl (C=O) groups is 1. The van der Waals surface area contributed by atoms with Crippen LogP contribution in [0, 0.1) is 12.8 Å². The van der Waals surface area contributed by atoms with Gasteiger partial charge in [-0.1, -0.05) is 0 Å². The molecule has 0 aliphatic carbocycles. The lowest BCUT2D eigenvalue weighted by Crippen LogP contribution is -2.33. The van der Waals surface area contributed by atoms with Gasteiger partial charge in [-0.15, -0.1) is 0 Å². The Morgan fingerprint density at radius 1 is 1.59 bits per heavy atom. The molecule has 1 atom stereocenters. The fourth-order valence-corrected chi connectivity index (χ4v) is 2.35. The number of piperidine rings is 1. The van der Waals surface area contributed by atoms with Crippen LogP contribution in [-0.4, -0.2) is 30.5 Å². The van der Waals surface area contributed by atoms with Crippen LogP contribution in [0.5, 0.6) is 0 Å². The number of nitrogens with one attached hydrogen (secondary N) is 3. The Morgan fingerprint density at radius 2 is 2.47 bits per heavy atom. The van der Waals surface area contributed by atoms with Crippen LogP contribution in [0.3, 0.4) is 0 Å². The zero-order valence-corrected chi connectivity index (χ0v) is 10.4. The van der Waals surface area contributed by atoms with Crippen LogP contribution < -0.4 is 10.6 Å². The van der Waals surface area contributed by atoms with E-state index < -0.39 is 0 Å². The number of H-pyrrole nitrogens is 1. The molecule has 17 heavy (non-hydrogen) atoms. The zero-order valence-electron chi connectivity index (χ0n) is 10.4. The minimum Gasteiger partial charge on any atom is -0.365 e. The third-order valence-corrected chi connectivity index (χ3v) is 3.44. The highest BCUT2D eigenvalue weighted by molar-refractivity contribution is 5.95. The summed E-state index contributed by atoms with van der Waals surface area (Å²) in [5.41, 5.74) is 1.69. The smallest absolute Gasteiger partial charge is 0.253 e. The molecule has 0 aromatic carbocycles. The molecule has 0 bridgehead atoms. The van der Waals surface area contributed by atoms with E-state index in [-0.39, 0.29) is 5.91 Å². The van der Waals surface area contributed by atoms with Gasteiger partial charge in [0.15, 0.2) is 0 Å². The first-order valence-electron chi connectivity index (χ1n) is 6.40. The van der Waals surface area contributed by atoms with Crippen LogP contribution in [0.1, 0.15) is 35.3 Å². The molecule has 1 aliphatic rings. The molecule has 1 aliphatic heterocycles. The molecule has 1 aromatic heterocycles. The van der Waals surface area contributed by atoms with E-state index in [4.69, 9.17) is 0 Å². The zero-order chi connectivity index (χ0) is 12.1.